The van der Waals surface area contributed by atoms with Crippen LogP contribution in [0.3, 0.4) is 0 Å². The molecule has 0 fully saturated rings. The van der Waals surface area contributed by atoms with Crippen LogP contribution in [0.4, 0.5) is 5.69 Å². The Bertz CT molecular complexity index is 760. The summed E-state index contributed by atoms with van der Waals surface area (Å²) in [7, 11) is 1.58. The number of nitrogens with zero attached hydrogens (tertiary/aromatic N) is 1. The normalized spacial score (nSPS) is 10.4. The summed E-state index contributed by atoms with van der Waals surface area (Å²) in [6.07, 6.45) is 1.44. The highest BCUT2D eigenvalue weighted by atomic mass is 35.5. The lowest BCUT2D eigenvalue weighted by atomic mass is 10.2. The standard InChI is InChI=1S/C18H17ClN2O5/c1-24-16-8-2-13(3-9-16)10-20-26-12-18(23)25-11-17(22)21-15-6-4-14(19)5-7-15/h2-10H,11-12H2,1H3,(H,21,22)/b20-10-. The van der Waals surface area contributed by atoms with Gasteiger partial charge in [-0.2, -0.15) is 0 Å². The van der Waals surface area contributed by atoms with Crippen LogP contribution in [0.15, 0.2) is 53.7 Å². The Morgan fingerprint density at radius 1 is 1.08 bits per heavy atom. The summed E-state index contributed by atoms with van der Waals surface area (Å²) >= 11 is 5.75. The minimum Gasteiger partial charge on any atom is -0.497 e. The van der Waals surface area contributed by atoms with E-state index in [-0.39, 0.29) is 0 Å². The zero-order chi connectivity index (χ0) is 18.8. The van der Waals surface area contributed by atoms with E-state index in [1.54, 1.807) is 55.6 Å². The van der Waals surface area contributed by atoms with E-state index in [0.29, 0.717) is 10.7 Å². The molecule has 136 valence electrons. The Morgan fingerprint density at radius 3 is 2.42 bits per heavy atom. The Balaban J connectivity index is 1.65. The van der Waals surface area contributed by atoms with Gasteiger partial charge in [-0.15, -0.1) is 0 Å². The third kappa shape index (κ3) is 6.82. The number of carbonyl (C=O) groups is 2. The topological polar surface area (TPSA) is 86.2 Å². The number of benzene rings is 2. The number of methoxy groups -OCH3 is 1. The van der Waals surface area contributed by atoms with Crippen LogP contribution < -0.4 is 10.1 Å². The van der Waals surface area contributed by atoms with Crippen LogP contribution in [-0.4, -0.2) is 38.4 Å². The first-order valence-corrected chi connectivity index (χ1v) is 7.95. The smallest absolute Gasteiger partial charge is 0.347 e. The number of carbonyl (C=O) groups excluding carboxylic acids is 2. The monoisotopic (exact) mass is 376 g/mol. The molecule has 7 nitrogen and oxygen atoms in total. The molecule has 0 aliphatic rings. The van der Waals surface area contributed by atoms with Crippen molar-refractivity contribution in [3.8, 4) is 5.75 Å². The van der Waals surface area contributed by atoms with Gasteiger partial charge >= 0.3 is 5.97 Å². The number of hydrogen-bond acceptors (Lipinski definition) is 6. The van der Waals surface area contributed by atoms with E-state index in [2.05, 4.69) is 10.5 Å². The lowest BCUT2D eigenvalue weighted by Crippen LogP contribution is -2.22. The summed E-state index contributed by atoms with van der Waals surface area (Å²) in [5, 5.41) is 6.78. The first-order valence-electron chi connectivity index (χ1n) is 7.57. The molecule has 2 aromatic carbocycles. The lowest BCUT2D eigenvalue weighted by molar-refractivity contribution is -0.151. The average molecular weight is 377 g/mol. The maximum atomic E-state index is 11.7. The Kier molecular flexibility index (Phi) is 7.45. The fourth-order valence-corrected chi connectivity index (χ4v) is 1.92. The van der Waals surface area contributed by atoms with Crippen molar-refractivity contribution in [2.24, 2.45) is 5.16 Å². The van der Waals surface area contributed by atoms with Gasteiger partial charge in [-0.25, -0.2) is 4.79 Å². The second kappa shape index (κ2) is 10.0. The van der Waals surface area contributed by atoms with Crippen molar-refractivity contribution >= 4 is 35.4 Å². The highest BCUT2D eigenvalue weighted by Crippen LogP contribution is 2.13. The van der Waals surface area contributed by atoms with Crippen molar-refractivity contribution in [1.29, 1.82) is 0 Å². The molecule has 0 spiro atoms. The van der Waals surface area contributed by atoms with Crippen molar-refractivity contribution in [1.82, 2.24) is 0 Å². The molecule has 2 rings (SSSR count). The molecule has 0 aromatic heterocycles. The number of esters is 1. The number of nitrogens with one attached hydrogen (secondary N) is 1. The van der Waals surface area contributed by atoms with E-state index in [1.165, 1.54) is 6.21 Å². The molecule has 8 heteroatoms. The molecular weight excluding hydrogens is 360 g/mol. The molecule has 1 N–H and O–H groups in total. The number of anilines is 1. The SMILES string of the molecule is COc1ccc(/C=N\OCC(=O)OCC(=O)Nc2ccc(Cl)cc2)cc1. The summed E-state index contributed by atoms with van der Waals surface area (Å²) in [5.41, 5.74) is 1.33. The van der Waals surface area contributed by atoms with Crippen molar-refractivity contribution in [3.05, 3.63) is 59.1 Å². The van der Waals surface area contributed by atoms with Crippen LogP contribution in [0.1, 0.15) is 5.56 Å². The molecule has 0 radical (unpaired) electrons. The van der Waals surface area contributed by atoms with Gasteiger partial charge in [0, 0.05) is 10.7 Å². The Labute approximate surface area is 155 Å². The summed E-state index contributed by atoms with van der Waals surface area (Å²) < 4.78 is 9.83. The van der Waals surface area contributed by atoms with Gasteiger partial charge in [0.15, 0.2) is 6.61 Å². The van der Waals surface area contributed by atoms with Crippen LogP contribution in [0.2, 0.25) is 5.02 Å². The van der Waals surface area contributed by atoms with Gasteiger partial charge in [0.1, 0.15) is 5.75 Å². The zero-order valence-electron chi connectivity index (χ0n) is 14.0. The maximum absolute atomic E-state index is 11.7. The minimum absolute atomic E-state index is 0.402. The number of rotatable bonds is 8. The van der Waals surface area contributed by atoms with E-state index < -0.39 is 25.1 Å². The van der Waals surface area contributed by atoms with Crippen LogP contribution in [0, 0.1) is 0 Å². The van der Waals surface area contributed by atoms with Gasteiger partial charge in [-0.1, -0.05) is 16.8 Å². The molecule has 0 unspecified atom stereocenters. The first-order chi connectivity index (χ1) is 12.6. The van der Waals surface area contributed by atoms with E-state index in [9.17, 15) is 9.59 Å². The predicted octanol–water partition coefficient (Wildman–Crippen LogP) is 2.88. The highest BCUT2D eigenvalue weighted by Gasteiger charge is 2.08. The molecule has 0 atom stereocenters. The number of amides is 1. The number of hydrogen-bond donors (Lipinski definition) is 1. The summed E-state index contributed by atoms with van der Waals surface area (Å²) in [6, 6.07) is 13.7. The Morgan fingerprint density at radius 2 is 1.77 bits per heavy atom. The summed E-state index contributed by atoms with van der Waals surface area (Å²) in [4.78, 5) is 28.0. The number of halogens is 1. The molecule has 2 aromatic rings. The van der Waals surface area contributed by atoms with E-state index >= 15 is 0 Å². The second-order valence-electron chi connectivity index (χ2n) is 5.00. The van der Waals surface area contributed by atoms with E-state index in [0.717, 1.165) is 11.3 Å². The van der Waals surface area contributed by atoms with Crippen LogP contribution in [0.5, 0.6) is 5.75 Å². The lowest BCUT2D eigenvalue weighted by Gasteiger charge is -2.06. The van der Waals surface area contributed by atoms with Crippen molar-refractivity contribution in [3.63, 3.8) is 0 Å². The van der Waals surface area contributed by atoms with Gasteiger partial charge < -0.3 is 19.6 Å². The van der Waals surface area contributed by atoms with Gasteiger partial charge in [0.25, 0.3) is 5.91 Å². The molecule has 0 heterocycles. The van der Waals surface area contributed by atoms with Crippen LogP contribution >= 0.6 is 11.6 Å². The third-order valence-electron chi connectivity index (χ3n) is 3.07. The largest absolute Gasteiger partial charge is 0.497 e. The fraction of sp³-hybridized carbons (Fsp3) is 0.167. The van der Waals surface area contributed by atoms with Crippen LogP contribution in [-0.2, 0) is 19.2 Å². The van der Waals surface area contributed by atoms with E-state index in [1.807, 2.05) is 0 Å². The van der Waals surface area contributed by atoms with Crippen LogP contribution in [0.25, 0.3) is 0 Å². The first kappa shape index (κ1) is 19.3. The number of ether oxygens (including phenoxy) is 2. The van der Waals surface area contributed by atoms with Gasteiger partial charge in [0.05, 0.1) is 13.3 Å². The van der Waals surface area contributed by atoms with Crippen molar-refractivity contribution in [2.45, 2.75) is 0 Å². The Hall–Kier alpha value is -3.06. The molecule has 26 heavy (non-hydrogen) atoms. The molecule has 0 saturated heterocycles. The molecule has 0 saturated carbocycles. The summed E-state index contributed by atoms with van der Waals surface area (Å²) in [5.74, 6) is -0.450. The van der Waals surface area contributed by atoms with Crippen molar-refractivity contribution < 1.29 is 23.9 Å². The van der Waals surface area contributed by atoms with Gasteiger partial charge in [-0.05, 0) is 54.1 Å². The molecule has 0 aliphatic carbocycles. The molecule has 1 amide bonds. The maximum Gasteiger partial charge on any atom is 0.347 e. The highest BCUT2D eigenvalue weighted by molar-refractivity contribution is 6.30. The second-order valence-corrected chi connectivity index (χ2v) is 5.43. The molecule has 0 bridgehead atoms. The number of oxime groups is 1. The van der Waals surface area contributed by atoms with Crippen molar-refractivity contribution in [2.75, 3.05) is 25.6 Å². The van der Waals surface area contributed by atoms with Gasteiger partial charge in [-0.3, -0.25) is 4.79 Å². The predicted molar refractivity (Wildman–Crippen MR) is 97.6 cm³/mol. The quantitative estimate of drug-likeness (QED) is 0.435. The minimum atomic E-state index is -0.705. The average Bonchev–Trinajstić information content (AvgIpc) is 2.66. The summed E-state index contributed by atoms with van der Waals surface area (Å²) in [6.45, 7) is -0.826. The molecule has 0 aliphatic heterocycles. The zero-order valence-corrected chi connectivity index (χ0v) is 14.7. The third-order valence-corrected chi connectivity index (χ3v) is 3.32. The van der Waals surface area contributed by atoms with E-state index in [4.69, 9.17) is 25.9 Å². The fourth-order valence-electron chi connectivity index (χ4n) is 1.80. The van der Waals surface area contributed by atoms with Gasteiger partial charge in [0.2, 0.25) is 6.61 Å². The molecular formula is C18H17ClN2O5.